The molecule has 134 valence electrons. The van der Waals surface area contributed by atoms with Crippen LogP contribution in [-0.4, -0.2) is 43.9 Å². The van der Waals surface area contributed by atoms with Crippen LogP contribution in [0.5, 0.6) is 5.75 Å². The molecule has 1 aliphatic rings. The van der Waals surface area contributed by atoms with E-state index in [4.69, 9.17) is 21.1 Å². The zero-order valence-electron chi connectivity index (χ0n) is 13.7. The van der Waals surface area contributed by atoms with Gasteiger partial charge in [0, 0.05) is 23.7 Å². The molecular formula is C17H20ClN3O4. The lowest BCUT2D eigenvalue weighted by atomic mass is 10.2. The van der Waals surface area contributed by atoms with Gasteiger partial charge < -0.3 is 14.8 Å². The molecule has 7 nitrogen and oxygen atoms in total. The van der Waals surface area contributed by atoms with Gasteiger partial charge >= 0.3 is 11.8 Å². The van der Waals surface area contributed by atoms with Crippen molar-refractivity contribution in [3.63, 3.8) is 0 Å². The van der Waals surface area contributed by atoms with Crippen LogP contribution in [0.1, 0.15) is 18.4 Å². The van der Waals surface area contributed by atoms with Gasteiger partial charge in [-0.2, -0.15) is 5.10 Å². The quantitative estimate of drug-likeness (QED) is 0.333. The van der Waals surface area contributed by atoms with E-state index >= 15 is 0 Å². The van der Waals surface area contributed by atoms with Crippen molar-refractivity contribution >= 4 is 29.6 Å². The van der Waals surface area contributed by atoms with Gasteiger partial charge in [0.2, 0.25) is 0 Å². The first-order chi connectivity index (χ1) is 12.1. The van der Waals surface area contributed by atoms with Crippen molar-refractivity contribution in [1.82, 2.24) is 10.7 Å². The maximum Gasteiger partial charge on any atom is 0.329 e. The minimum absolute atomic E-state index is 0.0312. The van der Waals surface area contributed by atoms with Crippen LogP contribution in [0.4, 0.5) is 0 Å². The van der Waals surface area contributed by atoms with E-state index in [9.17, 15) is 9.59 Å². The normalized spacial score (nSPS) is 16.6. The van der Waals surface area contributed by atoms with Crippen LogP contribution in [0.3, 0.4) is 0 Å². The molecule has 1 aliphatic heterocycles. The Hall–Kier alpha value is -2.38. The lowest BCUT2D eigenvalue weighted by molar-refractivity contribution is -0.139. The van der Waals surface area contributed by atoms with Crippen LogP contribution in [0.25, 0.3) is 0 Å². The van der Waals surface area contributed by atoms with Crippen LogP contribution in [0, 0.1) is 0 Å². The van der Waals surface area contributed by atoms with Crippen LogP contribution in [-0.2, 0) is 14.3 Å². The summed E-state index contributed by atoms with van der Waals surface area (Å²) in [6.45, 7) is 4.90. The summed E-state index contributed by atoms with van der Waals surface area (Å²) in [6, 6.07) is 4.99. The van der Waals surface area contributed by atoms with Gasteiger partial charge in [0.05, 0.1) is 12.3 Å². The number of amides is 2. The molecule has 2 rings (SSSR count). The van der Waals surface area contributed by atoms with Crippen molar-refractivity contribution in [3.8, 4) is 5.75 Å². The van der Waals surface area contributed by atoms with Gasteiger partial charge in [0.25, 0.3) is 0 Å². The van der Waals surface area contributed by atoms with Gasteiger partial charge in [0.1, 0.15) is 12.4 Å². The lowest BCUT2D eigenvalue weighted by Crippen LogP contribution is -2.41. The highest BCUT2D eigenvalue weighted by molar-refractivity contribution is 6.35. The number of hydrazone groups is 1. The summed E-state index contributed by atoms with van der Waals surface area (Å²) < 4.78 is 10.8. The first-order valence-electron chi connectivity index (χ1n) is 7.86. The van der Waals surface area contributed by atoms with E-state index in [1.54, 1.807) is 24.3 Å². The zero-order valence-corrected chi connectivity index (χ0v) is 14.4. The maximum absolute atomic E-state index is 11.7. The van der Waals surface area contributed by atoms with E-state index in [0.717, 1.165) is 12.8 Å². The second-order valence-electron chi connectivity index (χ2n) is 5.33. The Kier molecular flexibility index (Phi) is 7.43. The van der Waals surface area contributed by atoms with Crippen LogP contribution in [0.15, 0.2) is 36.0 Å². The third-order valence-corrected chi connectivity index (χ3v) is 3.65. The fourth-order valence-corrected chi connectivity index (χ4v) is 2.38. The monoisotopic (exact) mass is 365 g/mol. The molecule has 2 N–H and O–H groups in total. The predicted molar refractivity (Wildman–Crippen MR) is 94.9 cm³/mol. The first-order valence-corrected chi connectivity index (χ1v) is 8.24. The largest absolute Gasteiger partial charge is 0.489 e. The molecular weight excluding hydrogens is 346 g/mol. The molecule has 1 heterocycles. The second kappa shape index (κ2) is 9.80. The van der Waals surface area contributed by atoms with Gasteiger partial charge in [-0.1, -0.05) is 24.3 Å². The van der Waals surface area contributed by atoms with Gasteiger partial charge in [-0.05, 0) is 31.0 Å². The third-order valence-electron chi connectivity index (χ3n) is 3.42. The summed E-state index contributed by atoms with van der Waals surface area (Å²) in [5.41, 5.74) is 2.73. The Bertz CT molecular complexity index is 657. The lowest BCUT2D eigenvalue weighted by Gasteiger charge is -2.09. The maximum atomic E-state index is 11.7. The zero-order chi connectivity index (χ0) is 18.1. The van der Waals surface area contributed by atoms with Crippen molar-refractivity contribution in [1.29, 1.82) is 0 Å². The molecule has 0 unspecified atom stereocenters. The Balaban J connectivity index is 1.86. The number of ether oxygens (including phenoxy) is 2. The Labute approximate surface area is 151 Å². The number of nitrogens with one attached hydrogen (secondary N) is 2. The molecule has 0 aromatic heterocycles. The van der Waals surface area contributed by atoms with Crippen LogP contribution < -0.4 is 15.5 Å². The fraction of sp³-hybridized carbons (Fsp3) is 0.353. The van der Waals surface area contributed by atoms with Gasteiger partial charge in [-0.25, -0.2) is 5.43 Å². The number of hydrogen-bond donors (Lipinski definition) is 2. The van der Waals surface area contributed by atoms with E-state index in [1.807, 2.05) is 0 Å². The molecule has 1 aromatic carbocycles. The summed E-state index contributed by atoms with van der Waals surface area (Å²) in [4.78, 5) is 23.4. The number of carbonyl (C=O) groups excluding carboxylic acids is 2. The highest BCUT2D eigenvalue weighted by atomic mass is 35.5. The number of carbonyl (C=O) groups is 2. The average molecular weight is 366 g/mol. The second-order valence-corrected chi connectivity index (χ2v) is 5.76. The Morgan fingerprint density at radius 3 is 3.00 bits per heavy atom. The van der Waals surface area contributed by atoms with E-state index < -0.39 is 11.8 Å². The minimum Gasteiger partial charge on any atom is -0.489 e. The van der Waals surface area contributed by atoms with E-state index in [0.29, 0.717) is 36.1 Å². The smallest absolute Gasteiger partial charge is 0.329 e. The molecule has 1 atom stereocenters. The minimum atomic E-state index is -0.857. The standard InChI is InChI=1S/C17H20ClN3O4/c1-2-7-25-15-6-5-13(18)9-12(15)10-20-21-17(23)16(22)19-11-14-4-3-8-24-14/h2,5-6,9-10,14H,1,3-4,7-8,11H2,(H,19,22)(H,21,23)/b20-10-/t14-/m0/s1. The summed E-state index contributed by atoms with van der Waals surface area (Å²) in [5, 5.41) is 6.78. The topological polar surface area (TPSA) is 89.0 Å². The average Bonchev–Trinajstić information content (AvgIpc) is 3.12. The summed E-state index contributed by atoms with van der Waals surface area (Å²) in [7, 11) is 0. The van der Waals surface area contributed by atoms with E-state index in [2.05, 4.69) is 22.4 Å². The van der Waals surface area contributed by atoms with E-state index in [1.165, 1.54) is 6.21 Å². The summed E-state index contributed by atoms with van der Waals surface area (Å²) in [5.74, 6) is -1.09. The van der Waals surface area contributed by atoms with Crippen molar-refractivity contribution < 1.29 is 19.1 Å². The number of benzene rings is 1. The SMILES string of the molecule is C=CCOc1ccc(Cl)cc1/C=N\NC(=O)C(=O)NC[C@@H]1CCCO1. The Morgan fingerprint density at radius 2 is 2.28 bits per heavy atom. The highest BCUT2D eigenvalue weighted by Crippen LogP contribution is 2.21. The predicted octanol–water partition coefficient (Wildman–Crippen LogP) is 1.65. The van der Waals surface area contributed by atoms with Crippen LogP contribution >= 0.6 is 11.6 Å². The molecule has 0 spiro atoms. The summed E-state index contributed by atoms with van der Waals surface area (Å²) in [6.07, 6.45) is 4.77. The van der Waals surface area contributed by atoms with E-state index in [-0.39, 0.29) is 6.10 Å². The molecule has 25 heavy (non-hydrogen) atoms. The number of halogens is 1. The van der Waals surface area contributed by atoms with Gasteiger partial charge in [-0.15, -0.1) is 0 Å². The molecule has 1 saturated heterocycles. The molecule has 0 bridgehead atoms. The van der Waals surface area contributed by atoms with Crippen LogP contribution in [0.2, 0.25) is 5.02 Å². The molecule has 2 amide bonds. The molecule has 8 heteroatoms. The molecule has 0 saturated carbocycles. The van der Waals surface area contributed by atoms with Crippen molar-refractivity contribution in [2.45, 2.75) is 18.9 Å². The number of hydrogen-bond acceptors (Lipinski definition) is 5. The summed E-state index contributed by atoms with van der Waals surface area (Å²) >= 11 is 5.95. The molecule has 1 aromatic rings. The molecule has 0 radical (unpaired) electrons. The first kappa shape index (κ1) is 19.0. The number of nitrogens with zero attached hydrogens (tertiary/aromatic N) is 1. The molecule has 1 fully saturated rings. The third kappa shape index (κ3) is 6.21. The van der Waals surface area contributed by atoms with Gasteiger partial charge in [0.15, 0.2) is 0 Å². The number of rotatable bonds is 7. The highest BCUT2D eigenvalue weighted by Gasteiger charge is 2.18. The Morgan fingerprint density at radius 1 is 1.44 bits per heavy atom. The van der Waals surface area contributed by atoms with Gasteiger partial charge in [-0.3, -0.25) is 9.59 Å². The van der Waals surface area contributed by atoms with Crippen molar-refractivity contribution in [3.05, 3.63) is 41.4 Å². The van der Waals surface area contributed by atoms with Crippen molar-refractivity contribution in [2.75, 3.05) is 19.8 Å². The fourth-order valence-electron chi connectivity index (χ4n) is 2.20. The molecule has 0 aliphatic carbocycles. The van der Waals surface area contributed by atoms with Crippen molar-refractivity contribution in [2.24, 2.45) is 5.10 Å².